The van der Waals surface area contributed by atoms with Crippen molar-refractivity contribution in [2.75, 3.05) is 26.7 Å². The van der Waals surface area contributed by atoms with Crippen LogP contribution in [0.15, 0.2) is 36.5 Å². The Bertz CT molecular complexity index is 595. The predicted molar refractivity (Wildman–Crippen MR) is 82.2 cm³/mol. The van der Waals surface area contributed by atoms with Crippen LogP contribution in [0.2, 0.25) is 0 Å². The molecule has 1 N–H and O–H groups in total. The maximum Gasteiger partial charge on any atom is 0.123 e. The van der Waals surface area contributed by atoms with Crippen LogP contribution < -0.4 is 10.1 Å². The van der Waals surface area contributed by atoms with Gasteiger partial charge in [-0.2, -0.15) is 5.10 Å². The van der Waals surface area contributed by atoms with Gasteiger partial charge in [-0.3, -0.25) is 9.58 Å². The molecule has 1 aliphatic rings. The van der Waals surface area contributed by atoms with Gasteiger partial charge in [0.05, 0.1) is 18.8 Å². The standard InChI is InChI=1S/C16H22N4O/c1-19-13(7-8-18-19)12-20-10-9-17-11-15(20)14-5-3-4-6-16(14)21-2/h3-8,15,17H,9-12H2,1-2H3. The number of nitrogens with zero attached hydrogens (tertiary/aromatic N) is 3. The summed E-state index contributed by atoms with van der Waals surface area (Å²) in [7, 11) is 3.73. The molecule has 5 heteroatoms. The van der Waals surface area contributed by atoms with Crippen LogP contribution in [-0.2, 0) is 13.6 Å². The number of ether oxygens (including phenoxy) is 1. The van der Waals surface area contributed by atoms with Gasteiger partial charge in [-0.25, -0.2) is 0 Å². The van der Waals surface area contributed by atoms with Crippen LogP contribution >= 0.6 is 0 Å². The van der Waals surface area contributed by atoms with Crippen LogP contribution in [0.4, 0.5) is 0 Å². The Morgan fingerprint density at radius 2 is 2.19 bits per heavy atom. The van der Waals surface area contributed by atoms with Gasteiger partial charge in [0.1, 0.15) is 5.75 Å². The number of nitrogens with one attached hydrogen (secondary N) is 1. The molecule has 5 nitrogen and oxygen atoms in total. The molecule has 2 heterocycles. The summed E-state index contributed by atoms with van der Waals surface area (Å²) in [4.78, 5) is 2.49. The Hall–Kier alpha value is -1.85. The lowest BCUT2D eigenvalue weighted by Crippen LogP contribution is -2.45. The number of para-hydroxylation sites is 1. The van der Waals surface area contributed by atoms with E-state index in [1.54, 1.807) is 7.11 Å². The Kier molecular flexibility index (Phi) is 4.22. The van der Waals surface area contributed by atoms with Crippen LogP contribution in [0.25, 0.3) is 0 Å². The summed E-state index contributed by atoms with van der Waals surface area (Å²) >= 11 is 0. The fourth-order valence-electron chi connectivity index (χ4n) is 2.95. The highest BCUT2D eigenvalue weighted by molar-refractivity contribution is 5.36. The van der Waals surface area contributed by atoms with Crippen LogP contribution in [0.5, 0.6) is 5.75 Å². The Balaban J connectivity index is 1.86. The van der Waals surface area contributed by atoms with Gasteiger partial charge < -0.3 is 10.1 Å². The molecule has 21 heavy (non-hydrogen) atoms. The maximum absolute atomic E-state index is 5.53. The SMILES string of the molecule is COc1ccccc1C1CNCCN1Cc1ccnn1C. The Morgan fingerprint density at radius 1 is 1.33 bits per heavy atom. The third kappa shape index (κ3) is 2.94. The zero-order chi connectivity index (χ0) is 14.7. The molecule has 0 saturated carbocycles. The lowest BCUT2D eigenvalue weighted by atomic mass is 10.0. The maximum atomic E-state index is 5.53. The highest BCUT2D eigenvalue weighted by Crippen LogP contribution is 2.30. The van der Waals surface area contributed by atoms with E-state index in [0.29, 0.717) is 6.04 Å². The number of hydrogen-bond donors (Lipinski definition) is 1. The molecule has 3 rings (SSSR count). The summed E-state index contributed by atoms with van der Waals surface area (Å²) < 4.78 is 7.48. The quantitative estimate of drug-likeness (QED) is 0.926. The Labute approximate surface area is 125 Å². The van der Waals surface area contributed by atoms with Crippen molar-refractivity contribution in [1.29, 1.82) is 0 Å². The number of benzene rings is 1. The fraction of sp³-hybridized carbons (Fsp3) is 0.438. The second-order valence-electron chi connectivity index (χ2n) is 5.38. The van der Waals surface area contributed by atoms with Crippen LogP contribution in [0, 0.1) is 0 Å². The third-order valence-corrected chi connectivity index (χ3v) is 4.14. The molecule has 1 aromatic carbocycles. The molecule has 1 aromatic heterocycles. The van der Waals surface area contributed by atoms with Crippen molar-refractivity contribution in [3.05, 3.63) is 47.8 Å². The van der Waals surface area contributed by atoms with Crippen molar-refractivity contribution in [3.8, 4) is 5.75 Å². The zero-order valence-corrected chi connectivity index (χ0v) is 12.6. The summed E-state index contributed by atoms with van der Waals surface area (Å²) in [6.45, 7) is 3.89. The van der Waals surface area contributed by atoms with Crippen LogP contribution in [0.3, 0.4) is 0 Å². The highest BCUT2D eigenvalue weighted by Gasteiger charge is 2.26. The average Bonchev–Trinajstić information content (AvgIpc) is 2.93. The van der Waals surface area contributed by atoms with Crippen LogP contribution in [0.1, 0.15) is 17.3 Å². The van der Waals surface area contributed by atoms with Gasteiger partial charge in [0, 0.05) is 45.0 Å². The first kappa shape index (κ1) is 14.1. The van der Waals surface area contributed by atoms with Crippen LogP contribution in [-0.4, -0.2) is 41.4 Å². The van der Waals surface area contributed by atoms with Crippen molar-refractivity contribution in [2.45, 2.75) is 12.6 Å². The number of aromatic nitrogens is 2. The normalized spacial score (nSPS) is 19.6. The van der Waals surface area contributed by atoms with E-state index in [-0.39, 0.29) is 0 Å². The average molecular weight is 286 g/mol. The van der Waals surface area contributed by atoms with Crippen molar-refractivity contribution in [1.82, 2.24) is 20.0 Å². The van der Waals surface area contributed by atoms with Crippen molar-refractivity contribution < 1.29 is 4.74 Å². The molecule has 0 bridgehead atoms. The number of rotatable bonds is 4. The van der Waals surface area contributed by atoms with Crippen molar-refractivity contribution in [3.63, 3.8) is 0 Å². The first-order valence-corrected chi connectivity index (χ1v) is 7.34. The molecule has 1 aliphatic heterocycles. The van der Waals surface area contributed by atoms with E-state index < -0.39 is 0 Å². The second-order valence-corrected chi connectivity index (χ2v) is 5.38. The highest BCUT2D eigenvalue weighted by atomic mass is 16.5. The van der Waals surface area contributed by atoms with Crippen molar-refractivity contribution in [2.24, 2.45) is 7.05 Å². The molecule has 2 aromatic rings. The predicted octanol–water partition coefficient (Wildman–Crippen LogP) is 1.58. The molecular weight excluding hydrogens is 264 g/mol. The number of methoxy groups -OCH3 is 1. The number of aryl methyl sites for hydroxylation is 1. The van der Waals surface area contributed by atoms with Gasteiger partial charge in [0.2, 0.25) is 0 Å². The number of hydrogen-bond acceptors (Lipinski definition) is 4. The molecule has 1 fully saturated rings. The topological polar surface area (TPSA) is 42.3 Å². The molecular formula is C16H22N4O. The summed E-state index contributed by atoms with van der Waals surface area (Å²) in [6, 6.07) is 10.7. The van der Waals surface area contributed by atoms with E-state index in [2.05, 4.69) is 33.5 Å². The fourth-order valence-corrected chi connectivity index (χ4v) is 2.95. The number of piperazine rings is 1. The van der Waals surface area contributed by atoms with Gasteiger partial charge in [-0.1, -0.05) is 18.2 Å². The van der Waals surface area contributed by atoms with E-state index in [4.69, 9.17) is 4.74 Å². The van der Waals surface area contributed by atoms with Gasteiger partial charge >= 0.3 is 0 Å². The second kappa shape index (κ2) is 6.28. The van der Waals surface area contributed by atoms with Gasteiger partial charge in [0.15, 0.2) is 0 Å². The molecule has 0 radical (unpaired) electrons. The summed E-state index contributed by atoms with van der Waals surface area (Å²) in [5.74, 6) is 0.959. The summed E-state index contributed by atoms with van der Waals surface area (Å²) in [5.41, 5.74) is 2.48. The first-order valence-electron chi connectivity index (χ1n) is 7.34. The van der Waals surface area contributed by atoms with E-state index in [9.17, 15) is 0 Å². The van der Waals surface area contributed by atoms with Gasteiger partial charge in [-0.15, -0.1) is 0 Å². The first-order chi connectivity index (χ1) is 10.3. The van der Waals surface area contributed by atoms with Crippen molar-refractivity contribution >= 4 is 0 Å². The molecule has 0 aliphatic carbocycles. The smallest absolute Gasteiger partial charge is 0.123 e. The lowest BCUT2D eigenvalue weighted by molar-refractivity contribution is 0.147. The largest absolute Gasteiger partial charge is 0.496 e. The summed E-state index contributed by atoms with van der Waals surface area (Å²) in [5, 5.41) is 7.75. The minimum absolute atomic E-state index is 0.324. The molecule has 0 amide bonds. The lowest BCUT2D eigenvalue weighted by Gasteiger charge is -2.37. The molecule has 112 valence electrons. The minimum atomic E-state index is 0.324. The van der Waals surface area contributed by atoms with Gasteiger partial charge in [-0.05, 0) is 12.1 Å². The van der Waals surface area contributed by atoms with E-state index >= 15 is 0 Å². The summed E-state index contributed by atoms with van der Waals surface area (Å²) in [6.07, 6.45) is 1.86. The van der Waals surface area contributed by atoms with E-state index in [1.165, 1.54) is 11.3 Å². The Morgan fingerprint density at radius 3 is 2.95 bits per heavy atom. The molecule has 1 atom stereocenters. The monoisotopic (exact) mass is 286 g/mol. The molecule has 1 saturated heterocycles. The van der Waals surface area contributed by atoms with Gasteiger partial charge in [0.25, 0.3) is 0 Å². The third-order valence-electron chi connectivity index (χ3n) is 4.14. The molecule has 0 spiro atoms. The van der Waals surface area contributed by atoms with E-state index in [1.807, 2.05) is 30.1 Å². The molecule has 1 unspecified atom stereocenters. The zero-order valence-electron chi connectivity index (χ0n) is 12.6. The van der Waals surface area contributed by atoms with E-state index in [0.717, 1.165) is 31.9 Å². The minimum Gasteiger partial charge on any atom is -0.496 e.